The summed E-state index contributed by atoms with van der Waals surface area (Å²) < 4.78 is 1.59. The molecule has 2 aromatic heterocycles. The Bertz CT molecular complexity index is 1030. The molecule has 8 nitrogen and oxygen atoms in total. The fourth-order valence-corrected chi connectivity index (χ4v) is 3.67. The normalized spacial score (nSPS) is 10.8. The molecule has 3 aromatic rings. The molecule has 146 valence electrons. The highest BCUT2D eigenvalue weighted by Gasteiger charge is 2.16. The van der Waals surface area contributed by atoms with Gasteiger partial charge < -0.3 is 20.0 Å². The summed E-state index contributed by atoms with van der Waals surface area (Å²) in [5.41, 5.74) is 2.11. The molecular weight excluding hydrogens is 402 g/mol. The number of imidazole rings is 1. The minimum absolute atomic E-state index is 0.164. The molecule has 0 radical (unpaired) electrons. The predicted molar refractivity (Wildman–Crippen MR) is 108 cm³/mol. The van der Waals surface area contributed by atoms with E-state index in [1.165, 1.54) is 17.5 Å². The molecule has 0 aliphatic heterocycles. The molecule has 0 atom stereocenters. The van der Waals surface area contributed by atoms with E-state index in [0.29, 0.717) is 23.9 Å². The smallest absolute Gasteiger partial charge is 0.358 e. The van der Waals surface area contributed by atoms with Crippen LogP contribution in [0.4, 0.5) is 10.9 Å². The van der Waals surface area contributed by atoms with Crippen LogP contribution < -0.4 is 5.32 Å². The molecular formula is C18H18ClN5O3S. The second-order valence-electron chi connectivity index (χ2n) is 6.29. The molecule has 1 aromatic carbocycles. The van der Waals surface area contributed by atoms with Gasteiger partial charge in [-0.3, -0.25) is 4.79 Å². The van der Waals surface area contributed by atoms with Crippen LogP contribution in [0.5, 0.6) is 0 Å². The van der Waals surface area contributed by atoms with Crippen molar-refractivity contribution in [2.75, 3.05) is 5.32 Å². The minimum Gasteiger partial charge on any atom is -0.358 e. The first kappa shape index (κ1) is 20.0. The SMILES string of the molecule is Cc1ccc(Cc2cnc(NC(=O)CCn3cc([N+](=O)[O-])nc3C)s2)cc1Cl. The maximum absolute atomic E-state index is 12.2. The summed E-state index contributed by atoms with van der Waals surface area (Å²) in [6, 6.07) is 5.93. The zero-order valence-electron chi connectivity index (χ0n) is 15.3. The average molecular weight is 420 g/mol. The van der Waals surface area contributed by atoms with E-state index < -0.39 is 4.92 Å². The Morgan fingerprint density at radius 1 is 1.39 bits per heavy atom. The molecule has 0 bridgehead atoms. The monoisotopic (exact) mass is 419 g/mol. The van der Waals surface area contributed by atoms with E-state index in [0.717, 1.165) is 21.0 Å². The van der Waals surface area contributed by atoms with E-state index in [-0.39, 0.29) is 18.1 Å². The topological polar surface area (TPSA) is 103 Å². The van der Waals surface area contributed by atoms with Crippen molar-refractivity contribution in [2.24, 2.45) is 0 Å². The molecule has 0 aliphatic rings. The van der Waals surface area contributed by atoms with E-state index in [2.05, 4.69) is 15.3 Å². The number of aromatic nitrogens is 3. The van der Waals surface area contributed by atoms with Crippen LogP contribution in [-0.4, -0.2) is 25.4 Å². The molecule has 1 N–H and O–H groups in total. The number of nitro groups is 1. The lowest BCUT2D eigenvalue weighted by atomic mass is 10.1. The first-order valence-corrected chi connectivity index (χ1v) is 9.69. The highest BCUT2D eigenvalue weighted by atomic mass is 35.5. The molecule has 28 heavy (non-hydrogen) atoms. The van der Waals surface area contributed by atoms with Crippen LogP contribution in [0.3, 0.4) is 0 Å². The van der Waals surface area contributed by atoms with Gasteiger partial charge in [0, 0.05) is 42.4 Å². The van der Waals surface area contributed by atoms with Gasteiger partial charge in [-0.2, -0.15) is 0 Å². The summed E-state index contributed by atoms with van der Waals surface area (Å²) in [7, 11) is 0. The zero-order valence-corrected chi connectivity index (χ0v) is 16.9. The van der Waals surface area contributed by atoms with Crippen molar-refractivity contribution in [3.8, 4) is 0 Å². The predicted octanol–water partition coefficient (Wildman–Crippen LogP) is 4.14. The molecule has 0 unspecified atom stereocenters. The van der Waals surface area contributed by atoms with Crippen molar-refractivity contribution in [3.05, 3.63) is 67.6 Å². The van der Waals surface area contributed by atoms with Gasteiger partial charge in [0.05, 0.1) is 0 Å². The summed E-state index contributed by atoms with van der Waals surface area (Å²) in [5.74, 6) is 0.0570. The van der Waals surface area contributed by atoms with Crippen molar-refractivity contribution in [1.29, 1.82) is 0 Å². The first-order valence-electron chi connectivity index (χ1n) is 8.49. The van der Waals surface area contributed by atoms with Crippen LogP contribution in [0.2, 0.25) is 5.02 Å². The number of hydrogen-bond donors (Lipinski definition) is 1. The second kappa shape index (κ2) is 8.49. The number of hydrogen-bond acceptors (Lipinski definition) is 6. The van der Waals surface area contributed by atoms with Crippen LogP contribution in [0.1, 0.15) is 28.2 Å². The zero-order chi connectivity index (χ0) is 20.3. The number of aryl methyl sites for hydroxylation is 3. The Kier molecular flexibility index (Phi) is 6.05. The van der Waals surface area contributed by atoms with E-state index in [1.807, 2.05) is 25.1 Å². The third kappa shape index (κ3) is 4.93. The average Bonchev–Trinajstić information content (AvgIpc) is 3.23. The van der Waals surface area contributed by atoms with Crippen molar-refractivity contribution >= 4 is 39.8 Å². The largest absolute Gasteiger partial charge is 0.381 e. The summed E-state index contributed by atoms with van der Waals surface area (Å²) in [6.45, 7) is 3.92. The van der Waals surface area contributed by atoms with Gasteiger partial charge in [-0.15, -0.1) is 11.3 Å². The molecule has 0 spiro atoms. The fraction of sp³-hybridized carbons (Fsp3) is 0.278. The van der Waals surface area contributed by atoms with Gasteiger partial charge in [-0.25, -0.2) is 4.98 Å². The third-order valence-corrected chi connectivity index (χ3v) is 5.46. The van der Waals surface area contributed by atoms with Gasteiger partial charge in [-0.05, 0) is 34.0 Å². The number of nitrogens with zero attached hydrogens (tertiary/aromatic N) is 4. The third-order valence-electron chi connectivity index (χ3n) is 4.14. The van der Waals surface area contributed by atoms with Gasteiger partial charge in [0.15, 0.2) is 5.13 Å². The molecule has 0 saturated heterocycles. The maximum Gasteiger partial charge on any atom is 0.381 e. The van der Waals surface area contributed by atoms with Crippen LogP contribution in [-0.2, 0) is 17.8 Å². The Labute approximate surface area is 170 Å². The summed E-state index contributed by atoms with van der Waals surface area (Å²) in [5, 5.41) is 14.8. The van der Waals surface area contributed by atoms with Gasteiger partial charge >= 0.3 is 5.82 Å². The van der Waals surface area contributed by atoms with Crippen LogP contribution in [0.25, 0.3) is 0 Å². The van der Waals surface area contributed by atoms with Crippen molar-refractivity contribution in [2.45, 2.75) is 33.2 Å². The molecule has 0 aliphatic carbocycles. The van der Waals surface area contributed by atoms with Crippen molar-refractivity contribution in [3.63, 3.8) is 0 Å². The van der Waals surface area contributed by atoms with E-state index in [4.69, 9.17) is 11.6 Å². The highest BCUT2D eigenvalue weighted by Crippen LogP contribution is 2.24. The van der Waals surface area contributed by atoms with Gasteiger partial charge in [-0.1, -0.05) is 23.7 Å². The maximum atomic E-state index is 12.2. The van der Waals surface area contributed by atoms with Gasteiger partial charge in [0.2, 0.25) is 11.7 Å². The molecule has 3 rings (SSSR count). The van der Waals surface area contributed by atoms with Crippen LogP contribution >= 0.6 is 22.9 Å². The van der Waals surface area contributed by atoms with Gasteiger partial charge in [0.25, 0.3) is 0 Å². The first-order chi connectivity index (χ1) is 13.3. The van der Waals surface area contributed by atoms with E-state index in [9.17, 15) is 14.9 Å². The summed E-state index contributed by atoms with van der Waals surface area (Å²) in [4.78, 5) is 31.4. The Balaban J connectivity index is 1.55. The lowest BCUT2D eigenvalue weighted by Crippen LogP contribution is -2.14. The quantitative estimate of drug-likeness (QED) is 0.458. The molecule has 0 fully saturated rings. The Hall–Kier alpha value is -2.78. The second-order valence-corrected chi connectivity index (χ2v) is 7.81. The molecule has 2 heterocycles. The number of benzene rings is 1. The fourth-order valence-electron chi connectivity index (χ4n) is 2.60. The van der Waals surface area contributed by atoms with Crippen LogP contribution in [0.15, 0.2) is 30.6 Å². The lowest BCUT2D eigenvalue weighted by molar-refractivity contribution is -0.389. The Morgan fingerprint density at radius 3 is 2.86 bits per heavy atom. The standard InChI is InChI=1S/C18H18ClN5O3S/c1-11-3-4-13(8-15(11)19)7-14-9-20-18(28-14)22-17(25)5-6-23-10-16(24(26)27)21-12(23)2/h3-4,8-10H,5-7H2,1-2H3,(H,20,22,25). The number of rotatable bonds is 7. The van der Waals surface area contributed by atoms with Crippen molar-refractivity contribution in [1.82, 2.24) is 14.5 Å². The lowest BCUT2D eigenvalue weighted by Gasteiger charge is -2.03. The summed E-state index contributed by atoms with van der Waals surface area (Å²) >= 11 is 7.56. The molecule has 10 heteroatoms. The number of nitrogens with one attached hydrogen (secondary N) is 1. The molecule has 1 amide bonds. The number of carbonyl (C=O) groups is 1. The number of thiazole rings is 1. The minimum atomic E-state index is -0.554. The molecule has 0 saturated carbocycles. The summed E-state index contributed by atoms with van der Waals surface area (Å²) in [6.07, 6.45) is 3.91. The number of carbonyl (C=O) groups excluding carboxylic acids is 1. The van der Waals surface area contributed by atoms with Crippen LogP contribution in [0, 0.1) is 24.0 Å². The van der Waals surface area contributed by atoms with E-state index >= 15 is 0 Å². The van der Waals surface area contributed by atoms with E-state index in [1.54, 1.807) is 17.7 Å². The van der Waals surface area contributed by atoms with Gasteiger partial charge in [0.1, 0.15) is 6.20 Å². The number of anilines is 1. The Morgan fingerprint density at radius 2 is 2.18 bits per heavy atom. The highest BCUT2D eigenvalue weighted by molar-refractivity contribution is 7.15. The van der Waals surface area contributed by atoms with Crippen molar-refractivity contribution < 1.29 is 9.72 Å². The number of amides is 1. The number of halogens is 1.